The maximum atomic E-state index is 13.4. The summed E-state index contributed by atoms with van der Waals surface area (Å²) in [4.78, 5) is 13.4. The van der Waals surface area contributed by atoms with Crippen LogP contribution < -0.4 is 5.32 Å². The number of nitrogens with one attached hydrogen (secondary N) is 1. The average molecular weight is 1340 g/mol. The van der Waals surface area contributed by atoms with Crippen LogP contribution >= 0.6 is 0 Å². The van der Waals surface area contributed by atoms with E-state index in [-0.39, 0.29) is 18.9 Å². The molecule has 0 aromatic carbocycles. The normalized spacial score (nSPS) is 27.6. The van der Waals surface area contributed by atoms with E-state index in [1.807, 2.05) is 0 Å². The SMILES string of the molecule is CC/C=C\C/C=C\C/C=C\C/C=C\CCCCCCCCCCCCCCCCCCCCCCCCCCCCC(=O)NC(COC1OC(CO)C(OC2OC(CO)C(OC3OC(CO)C(O)C(O)C3O)C(O)C2O)C(O)C1O)C(O)CCCCCCCCCCCC. The van der Waals surface area contributed by atoms with Gasteiger partial charge in [0, 0.05) is 6.42 Å². The summed E-state index contributed by atoms with van der Waals surface area (Å²) < 4.78 is 34.4. The fourth-order valence-electron chi connectivity index (χ4n) is 12.8. The molecule has 1 amide bonds. The summed E-state index contributed by atoms with van der Waals surface area (Å²) in [7, 11) is 0. The van der Waals surface area contributed by atoms with Crippen LogP contribution in [0.1, 0.15) is 290 Å². The first kappa shape index (κ1) is 86.0. The zero-order valence-corrected chi connectivity index (χ0v) is 58.4. The summed E-state index contributed by atoms with van der Waals surface area (Å²) in [5.41, 5.74) is 0. The van der Waals surface area contributed by atoms with Crippen molar-refractivity contribution in [3.05, 3.63) is 48.6 Å². The van der Waals surface area contributed by atoms with Gasteiger partial charge in [-0.15, -0.1) is 0 Å². The number of rotatable bonds is 59. The van der Waals surface area contributed by atoms with Gasteiger partial charge in [0.05, 0.1) is 38.6 Å². The molecule has 94 heavy (non-hydrogen) atoms. The van der Waals surface area contributed by atoms with E-state index in [0.29, 0.717) is 12.8 Å². The number of ether oxygens (including phenoxy) is 6. The molecule has 17 unspecified atom stereocenters. The summed E-state index contributed by atoms with van der Waals surface area (Å²) in [6.07, 6.45) is 42.5. The first-order chi connectivity index (χ1) is 45.8. The Hall–Kier alpha value is -2.25. The Morgan fingerprint density at radius 1 is 0.394 bits per heavy atom. The minimum absolute atomic E-state index is 0.240. The topological polar surface area (TPSA) is 307 Å². The fraction of sp³-hybridized carbons (Fsp3) is 0.880. The largest absolute Gasteiger partial charge is 0.394 e. The first-order valence-electron chi connectivity index (χ1n) is 37.9. The highest BCUT2D eigenvalue weighted by molar-refractivity contribution is 5.76. The fourth-order valence-corrected chi connectivity index (χ4v) is 12.8. The van der Waals surface area contributed by atoms with Gasteiger partial charge in [0.1, 0.15) is 73.2 Å². The number of amides is 1. The number of hydrogen-bond donors (Lipinski definition) is 12. The zero-order valence-electron chi connectivity index (χ0n) is 58.4. The molecule has 3 aliphatic heterocycles. The van der Waals surface area contributed by atoms with Gasteiger partial charge >= 0.3 is 0 Å². The summed E-state index contributed by atoms with van der Waals surface area (Å²) in [5.74, 6) is -0.240. The zero-order chi connectivity index (χ0) is 68.2. The molecule has 3 aliphatic rings. The maximum absolute atomic E-state index is 13.4. The van der Waals surface area contributed by atoms with Crippen molar-refractivity contribution in [1.82, 2.24) is 5.32 Å². The molecule has 0 saturated carbocycles. The van der Waals surface area contributed by atoms with Crippen LogP contribution in [0.15, 0.2) is 48.6 Å². The minimum atomic E-state index is -1.97. The van der Waals surface area contributed by atoms with E-state index >= 15 is 0 Å². The van der Waals surface area contributed by atoms with Gasteiger partial charge in [0.25, 0.3) is 0 Å². The highest BCUT2D eigenvalue weighted by atomic mass is 16.8. The molecular formula is C75H137NO18. The summed E-state index contributed by atoms with van der Waals surface area (Å²) >= 11 is 0. The van der Waals surface area contributed by atoms with Gasteiger partial charge in [0.2, 0.25) is 5.91 Å². The third kappa shape index (κ3) is 37.3. The van der Waals surface area contributed by atoms with Crippen molar-refractivity contribution in [2.75, 3.05) is 26.4 Å². The monoisotopic (exact) mass is 1340 g/mol. The van der Waals surface area contributed by atoms with Crippen LogP contribution in [-0.4, -0.2) is 193 Å². The van der Waals surface area contributed by atoms with Crippen molar-refractivity contribution >= 4 is 5.91 Å². The Bertz CT molecular complexity index is 1890. The Kier molecular flexibility index (Phi) is 51.7. The maximum Gasteiger partial charge on any atom is 0.220 e. The Balaban J connectivity index is 1.26. The lowest BCUT2D eigenvalue weighted by Crippen LogP contribution is -2.66. The van der Waals surface area contributed by atoms with E-state index in [0.717, 1.165) is 70.6 Å². The van der Waals surface area contributed by atoms with Crippen LogP contribution in [0, 0.1) is 0 Å². The molecule has 0 aromatic heterocycles. The highest BCUT2D eigenvalue weighted by Gasteiger charge is 2.53. The third-order valence-electron chi connectivity index (χ3n) is 18.9. The van der Waals surface area contributed by atoms with E-state index in [4.69, 9.17) is 28.4 Å². The van der Waals surface area contributed by atoms with E-state index in [1.54, 1.807) is 0 Å². The van der Waals surface area contributed by atoms with Crippen molar-refractivity contribution in [3.8, 4) is 0 Å². The number of carbonyl (C=O) groups excluding carboxylic acids is 1. The lowest BCUT2D eigenvalue weighted by molar-refractivity contribution is -0.379. The van der Waals surface area contributed by atoms with Gasteiger partial charge in [-0.25, -0.2) is 0 Å². The van der Waals surface area contributed by atoms with Crippen LogP contribution in [-0.2, 0) is 33.2 Å². The molecule has 12 N–H and O–H groups in total. The Morgan fingerprint density at radius 3 is 1.15 bits per heavy atom. The summed E-state index contributed by atoms with van der Waals surface area (Å²) in [6, 6.07) is -0.883. The van der Waals surface area contributed by atoms with Crippen LogP contribution in [0.4, 0.5) is 0 Å². The molecule has 0 aliphatic carbocycles. The standard InChI is InChI=1S/C75H137NO18/c1-3-5-7-9-11-13-15-16-17-18-19-20-21-22-23-24-25-26-27-28-29-30-31-32-33-34-35-36-37-38-39-40-41-42-43-45-47-49-51-53-63(81)76-58(59(80)52-50-48-46-44-14-12-10-8-6-4-2)57-89-73-69(87)66(84)71(61(55-78)91-73)94-75-70(88)67(85)72(62(56-79)92-75)93-74-68(86)65(83)64(82)60(54-77)90-74/h5,7,11,13,16-17,19-20,58-62,64-75,77-80,82-88H,3-4,6,8-10,12,14-15,18,21-57H2,1-2H3,(H,76,81)/b7-5-,13-11-,17-16-,20-19-. The molecule has 0 bridgehead atoms. The number of carbonyl (C=O) groups is 1. The molecule has 3 heterocycles. The predicted octanol–water partition coefficient (Wildman–Crippen LogP) is 11.3. The van der Waals surface area contributed by atoms with Gasteiger partial charge in [-0.1, -0.05) is 281 Å². The molecule has 3 saturated heterocycles. The number of allylic oxidation sites excluding steroid dienone is 8. The van der Waals surface area contributed by atoms with Gasteiger partial charge in [0.15, 0.2) is 18.9 Å². The average Bonchev–Trinajstić information content (AvgIpc) is 0.788. The summed E-state index contributed by atoms with van der Waals surface area (Å²) in [6.45, 7) is 1.68. The smallest absolute Gasteiger partial charge is 0.220 e. The quantitative estimate of drug-likeness (QED) is 0.0199. The van der Waals surface area contributed by atoms with Gasteiger partial charge < -0.3 is 89.9 Å². The number of aliphatic hydroxyl groups excluding tert-OH is 11. The molecule has 0 spiro atoms. The van der Waals surface area contributed by atoms with Gasteiger partial charge in [-0.2, -0.15) is 0 Å². The second kappa shape index (κ2) is 56.5. The summed E-state index contributed by atoms with van der Waals surface area (Å²) in [5, 5.41) is 120. The van der Waals surface area contributed by atoms with Crippen molar-refractivity contribution in [1.29, 1.82) is 0 Å². The van der Waals surface area contributed by atoms with Crippen molar-refractivity contribution in [2.45, 2.75) is 394 Å². The van der Waals surface area contributed by atoms with Gasteiger partial charge in [-0.05, 0) is 51.4 Å². The number of hydrogen-bond acceptors (Lipinski definition) is 18. The predicted molar refractivity (Wildman–Crippen MR) is 369 cm³/mol. The molecule has 17 atom stereocenters. The molecular weight excluding hydrogens is 1200 g/mol. The number of aliphatic hydroxyl groups is 11. The third-order valence-corrected chi connectivity index (χ3v) is 18.9. The van der Waals surface area contributed by atoms with Crippen molar-refractivity contribution in [3.63, 3.8) is 0 Å². The van der Waals surface area contributed by atoms with E-state index in [1.165, 1.54) is 186 Å². The van der Waals surface area contributed by atoms with Crippen LogP contribution in [0.3, 0.4) is 0 Å². The van der Waals surface area contributed by atoms with Crippen LogP contribution in [0.5, 0.6) is 0 Å². The number of unbranched alkanes of at least 4 members (excludes halogenated alkanes) is 35. The lowest BCUT2D eigenvalue weighted by atomic mass is 9.96. The second-order valence-corrected chi connectivity index (χ2v) is 27.1. The molecule has 0 radical (unpaired) electrons. The molecule has 19 heteroatoms. The van der Waals surface area contributed by atoms with Crippen LogP contribution in [0.25, 0.3) is 0 Å². The molecule has 550 valence electrons. The van der Waals surface area contributed by atoms with Crippen molar-refractivity contribution < 1.29 is 89.4 Å². The Morgan fingerprint density at radius 2 is 0.734 bits per heavy atom. The van der Waals surface area contributed by atoms with Gasteiger partial charge in [-0.3, -0.25) is 4.79 Å². The molecule has 19 nitrogen and oxygen atoms in total. The highest BCUT2D eigenvalue weighted by Crippen LogP contribution is 2.33. The van der Waals surface area contributed by atoms with E-state index < -0.39 is 124 Å². The minimum Gasteiger partial charge on any atom is -0.394 e. The van der Waals surface area contributed by atoms with Crippen LogP contribution in [0.2, 0.25) is 0 Å². The van der Waals surface area contributed by atoms with Crippen molar-refractivity contribution in [2.24, 2.45) is 0 Å². The second-order valence-electron chi connectivity index (χ2n) is 27.1. The van der Waals surface area contributed by atoms with E-state index in [2.05, 4.69) is 67.8 Å². The Labute approximate surface area is 567 Å². The van der Waals surface area contributed by atoms with E-state index in [9.17, 15) is 61.0 Å². The first-order valence-corrected chi connectivity index (χ1v) is 37.9. The lowest BCUT2D eigenvalue weighted by Gasteiger charge is -2.48. The molecule has 3 fully saturated rings. The molecule has 0 aromatic rings. The molecule has 3 rings (SSSR count).